The van der Waals surface area contributed by atoms with Crippen LogP contribution in [0.1, 0.15) is 65.7 Å². The number of hydrogen-bond donors (Lipinski definition) is 1. The molecule has 3 heteroatoms. The van der Waals surface area contributed by atoms with Gasteiger partial charge in [0.2, 0.25) is 0 Å². The van der Waals surface area contributed by atoms with Crippen molar-refractivity contribution in [3.05, 3.63) is 24.3 Å². The zero-order valence-electron chi connectivity index (χ0n) is 13.9. The average Bonchev–Trinajstić information content (AvgIpc) is 2.42. The van der Waals surface area contributed by atoms with Crippen LogP contribution in [-0.2, 0) is 9.53 Å². The number of carbonyl (C=O) groups excluding carboxylic acids is 1. The molecule has 0 aliphatic heterocycles. The highest BCUT2D eigenvalue weighted by Gasteiger charge is 2.10. The van der Waals surface area contributed by atoms with Gasteiger partial charge in [0, 0.05) is 6.42 Å². The number of esters is 1. The van der Waals surface area contributed by atoms with Crippen molar-refractivity contribution < 1.29 is 14.6 Å². The van der Waals surface area contributed by atoms with Crippen molar-refractivity contribution in [1.82, 2.24) is 0 Å². The molecule has 0 aromatic carbocycles. The summed E-state index contributed by atoms with van der Waals surface area (Å²) in [6.07, 6.45) is 14.2. The number of unbranched alkanes of at least 4 members (excludes halogenated alkanes) is 3. The summed E-state index contributed by atoms with van der Waals surface area (Å²) in [7, 11) is 0. The molecule has 21 heavy (non-hydrogen) atoms. The van der Waals surface area contributed by atoms with Crippen LogP contribution >= 0.6 is 0 Å². The van der Waals surface area contributed by atoms with Crippen molar-refractivity contribution in [1.29, 1.82) is 0 Å². The van der Waals surface area contributed by atoms with Crippen LogP contribution in [0.5, 0.6) is 0 Å². The molecular formula is C18H32O3. The van der Waals surface area contributed by atoms with E-state index in [0.29, 0.717) is 18.8 Å². The number of hydrogen-bond acceptors (Lipinski definition) is 3. The van der Waals surface area contributed by atoms with E-state index in [1.54, 1.807) is 0 Å². The van der Waals surface area contributed by atoms with Crippen molar-refractivity contribution in [3.63, 3.8) is 0 Å². The third-order valence-electron chi connectivity index (χ3n) is 3.11. The van der Waals surface area contributed by atoms with Gasteiger partial charge in [-0.1, -0.05) is 44.6 Å². The molecule has 0 saturated heterocycles. The largest absolute Gasteiger partial charge is 0.463 e. The number of aliphatic hydroxyl groups excluding tert-OH is 1. The van der Waals surface area contributed by atoms with Gasteiger partial charge in [0.25, 0.3) is 0 Å². The summed E-state index contributed by atoms with van der Waals surface area (Å²) in [6.45, 7) is 6.23. The summed E-state index contributed by atoms with van der Waals surface area (Å²) < 4.78 is 5.07. The van der Waals surface area contributed by atoms with Crippen LogP contribution < -0.4 is 0 Å². The van der Waals surface area contributed by atoms with Gasteiger partial charge in [-0.05, 0) is 44.9 Å². The highest BCUT2D eigenvalue weighted by Crippen LogP contribution is 2.07. The van der Waals surface area contributed by atoms with Gasteiger partial charge in [-0.2, -0.15) is 0 Å². The Morgan fingerprint density at radius 1 is 1.14 bits per heavy atom. The lowest BCUT2D eigenvalue weighted by Crippen LogP contribution is -2.20. The summed E-state index contributed by atoms with van der Waals surface area (Å²) in [5, 5.41) is 9.61. The lowest BCUT2D eigenvalue weighted by molar-refractivity contribution is -0.147. The van der Waals surface area contributed by atoms with Crippen molar-refractivity contribution in [3.8, 4) is 0 Å². The summed E-state index contributed by atoms with van der Waals surface area (Å²) in [5.74, 6) is 0.223. The third-order valence-corrected chi connectivity index (χ3v) is 3.11. The first-order valence-corrected chi connectivity index (χ1v) is 8.16. The molecule has 1 unspecified atom stereocenters. The van der Waals surface area contributed by atoms with Crippen molar-refractivity contribution in [2.45, 2.75) is 71.8 Å². The molecule has 0 heterocycles. The van der Waals surface area contributed by atoms with Crippen LogP contribution in [0, 0.1) is 5.92 Å². The number of rotatable bonds is 12. The molecule has 1 atom stereocenters. The first-order chi connectivity index (χ1) is 10.1. The molecule has 0 radical (unpaired) electrons. The van der Waals surface area contributed by atoms with Gasteiger partial charge in [0.1, 0.15) is 6.61 Å². The second-order valence-electron chi connectivity index (χ2n) is 5.84. The highest BCUT2D eigenvalue weighted by molar-refractivity contribution is 5.69. The summed E-state index contributed by atoms with van der Waals surface area (Å²) in [5.41, 5.74) is 0. The molecule has 0 saturated carbocycles. The SMILES string of the molecule is C/C=C\C/C=C\CCCCCC(=O)OCC(O)CC(C)C. The Morgan fingerprint density at radius 2 is 1.90 bits per heavy atom. The third kappa shape index (κ3) is 15.1. The predicted molar refractivity (Wildman–Crippen MR) is 88.1 cm³/mol. The zero-order chi connectivity index (χ0) is 15.9. The Labute approximate surface area is 130 Å². The summed E-state index contributed by atoms with van der Waals surface area (Å²) >= 11 is 0. The Hall–Kier alpha value is -1.09. The highest BCUT2D eigenvalue weighted by atomic mass is 16.5. The van der Waals surface area contributed by atoms with Gasteiger partial charge in [0.05, 0.1) is 6.10 Å². The summed E-state index contributed by atoms with van der Waals surface area (Å²) in [6, 6.07) is 0. The van der Waals surface area contributed by atoms with Crippen LogP contribution in [0.4, 0.5) is 0 Å². The van der Waals surface area contributed by atoms with E-state index in [4.69, 9.17) is 4.74 Å². The number of carbonyl (C=O) groups is 1. The molecule has 0 amide bonds. The fourth-order valence-corrected chi connectivity index (χ4v) is 2.01. The zero-order valence-corrected chi connectivity index (χ0v) is 13.9. The maximum absolute atomic E-state index is 11.5. The van der Waals surface area contributed by atoms with Gasteiger partial charge in [0.15, 0.2) is 0 Å². The molecule has 0 aromatic rings. The molecule has 3 nitrogen and oxygen atoms in total. The normalized spacial score (nSPS) is 13.4. The predicted octanol–water partition coefficient (Wildman–Crippen LogP) is 4.41. The van der Waals surface area contributed by atoms with Gasteiger partial charge in [-0.25, -0.2) is 0 Å². The van der Waals surface area contributed by atoms with Crippen LogP contribution in [0.3, 0.4) is 0 Å². The fraction of sp³-hybridized carbons (Fsp3) is 0.722. The summed E-state index contributed by atoms with van der Waals surface area (Å²) in [4.78, 5) is 11.5. The number of aliphatic hydroxyl groups is 1. The second kappa shape index (κ2) is 13.9. The fourth-order valence-electron chi connectivity index (χ4n) is 2.01. The van der Waals surface area contributed by atoms with Crippen LogP contribution in [0.25, 0.3) is 0 Å². The van der Waals surface area contributed by atoms with E-state index < -0.39 is 6.10 Å². The maximum Gasteiger partial charge on any atom is 0.305 e. The Balaban J connectivity index is 3.43. The standard InChI is InChI=1S/C18H32O3/c1-4-5-6-7-8-9-10-11-12-13-18(20)21-15-17(19)14-16(2)3/h4-5,7-8,16-17,19H,6,9-15H2,1-3H3/b5-4-,8-7-. The van der Waals surface area contributed by atoms with E-state index in [2.05, 4.69) is 18.2 Å². The molecule has 0 aliphatic rings. The van der Waals surface area contributed by atoms with Crippen molar-refractivity contribution in [2.24, 2.45) is 5.92 Å². The lowest BCUT2D eigenvalue weighted by atomic mass is 10.1. The molecule has 0 fully saturated rings. The minimum Gasteiger partial charge on any atom is -0.463 e. The molecule has 0 aromatic heterocycles. The van der Waals surface area contributed by atoms with Crippen LogP contribution in [0.15, 0.2) is 24.3 Å². The smallest absolute Gasteiger partial charge is 0.305 e. The number of allylic oxidation sites excluding steroid dienone is 4. The van der Waals surface area contributed by atoms with E-state index in [0.717, 1.165) is 32.1 Å². The molecule has 0 rings (SSSR count). The average molecular weight is 296 g/mol. The molecule has 122 valence electrons. The van der Waals surface area contributed by atoms with Crippen LogP contribution in [-0.4, -0.2) is 23.8 Å². The Bertz CT molecular complexity index is 306. The molecule has 0 bridgehead atoms. The van der Waals surface area contributed by atoms with Gasteiger partial charge in [-0.15, -0.1) is 0 Å². The van der Waals surface area contributed by atoms with E-state index in [1.807, 2.05) is 26.8 Å². The molecule has 0 aliphatic carbocycles. The minimum atomic E-state index is -0.531. The first-order valence-electron chi connectivity index (χ1n) is 8.16. The maximum atomic E-state index is 11.5. The monoisotopic (exact) mass is 296 g/mol. The topological polar surface area (TPSA) is 46.5 Å². The Morgan fingerprint density at radius 3 is 2.57 bits per heavy atom. The van der Waals surface area contributed by atoms with E-state index in [9.17, 15) is 9.90 Å². The van der Waals surface area contributed by atoms with Crippen molar-refractivity contribution >= 4 is 5.97 Å². The molecule has 0 spiro atoms. The van der Waals surface area contributed by atoms with E-state index in [-0.39, 0.29) is 12.6 Å². The van der Waals surface area contributed by atoms with Gasteiger partial charge >= 0.3 is 5.97 Å². The number of ether oxygens (including phenoxy) is 1. The quantitative estimate of drug-likeness (QED) is 0.330. The van der Waals surface area contributed by atoms with Gasteiger partial charge in [-0.3, -0.25) is 4.79 Å². The Kier molecular flexibility index (Phi) is 13.2. The minimum absolute atomic E-state index is 0.130. The molecule has 1 N–H and O–H groups in total. The lowest BCUT2D eigenvalue weighted by Gasteiger charge is -2.13. The van der Waals surface area contributed by atoms with Gasteiger partial charge < -0.3 is 9.84 Å². The van der Waals surface area contributed by atoms with Crippen molar-refractivity contribution in [2.75, 3.05) is 6.61 Å². The van der Waals surface area contributed by atoms with E-state index >= 15 is 0 Å². The van der Waals surface area contributed by atoms with Crippen LogP contribution in [0.2, 0.25) is 0 Å². The van der Waals surface area contributed by atoms with E-state index in [1.165, 1.54) is 0 Å². The molecular weight excluding hydrogens is 264 g/mol. The second-order valence-corrected chi connectivity index (χ2v) is 5.84. The first kappa shape index (κ1) is 19.9.